The van der Waals surface area contributed by atoms with Crippen molar-refractivity contribution >= 4 is 38.3 Å². The first-order valence-electron chi connectivity index (χ1n) is 5.18. The first-order chi connectivity index (χ1) is 8.47. The first kappa shape index (κ1) is 13.2. The van der Waals surface area contributed by atoms with Gasteiger partial charge < -0.3 is 0 Å². The molecule has 1 aromatic heterocycles. The molecule has 0 radical (unpaired) electrons. The van der Waals surface area contributed by atoms with Crippen LogP contribution in [0.4, 0.5) is 9.52 Å². The van der Waals surface area contributed by atoms with Crippen molar-refractivity contribution in [2.24, 2.45) is 0 Å². The maximum absolute atomic E-state index is 13.1. The van der Waals surface area contributed by atoms with Gasteiger partial charge in [-0.25, -0.2) is 9.37 Å². The number of hydrogen-bond acceptors (Lipinski definition) is 3. The minimum Gasteiger partial charge on any atom is -0.298 e. The highest BCUT2D eigenvalue weighted by Gasteiger charge is 2.11. The van der Waals surface area contributed by atoms with Gasteiger partial charge in [-0.1, -0.05) is 0 Å². The van der Waals surface area contributed by atoms with Crippen LogP contribution in [0, 0.1) is 19.7 Å². The summed E-state index contributed by atoms with van der Waals surface area (Å²) in [6, 6.07) is 4.12. The van der Waals surface area contributed by atoms with Crippen LogP contribution in [0.25, 0.3) is 0 Å². The molecule has 0 aliphatic carbocycles. The van der Waals surface area contributed by atoms with Crippen LogP contribution in [0.1, 0.15) is 20.9 Å². The van der Waals surface area contributed by atoms with E-state index in [1.165, 1.54) is 29.5 Å². The highest BCUT2D eigenvalue weighted by atomic mass is 79.9. The number of rotatable bonds is 2. The largest absolute Gasteiger partial charge is 0.298 e. The number of thiazole rings is 1. The number of nitrogens with zero attached hydrogens (tertiary/aromatic N) is 1. The smallest absolute Gasteiger partial charge is 0.257 e. The Labute approximate surface area is 116 Å². The molecule has 0 bridgehead atoms. The topological polar surface area (TPSA) is 42.0 Å². The van der Waals surface area contributed by atoms with Gasteiger partial charge in [-0.3, -0.25) is 10.1 Å². The Hall–Kier alpha value is -1.27. The summed E-state index contributed by atoms with van der Waals surface area (Å²) in [5.41, 5.74) is 1.28. The van der Waals surface area contributed by atoms with Gasteiger partial charge in [-0.2, -0.15) is 0 Å². The summed E-state index contributed by atoms with van der Waals surface area (Å²) < 4.78 is 13.3. The molecule has 18 heavy (non-hydrogen) atoms. The normalized spacial score (nSPS) is 10.4. The highest BCUT2D eigenvalue weighted by molar-refractivity contribution is 9.10. The van der Waals surface area contributed by atoms with Gasteiger partial charge >= 0.3 is 0 Å². The summed E-state index contributed by atoms with van der Waals surface area (Å²) in [6.45, 7) is 3.83. The number of aryl methyl sites for hydroxylation is 2. The fourth-order valence-electron chi connectivity index (χ4n) is 1.33. The number of aromatic nitrogens is 1. The van der Waals surface area contributed by atoms with E-state index in [9.17, 15) is 9.18 Å². The van der Waals surface area contributed by atoms with E-state index in [0.717, 1.165) is 10.6 Å². The number of carbonyl (C=O) groups excluding carboxylic acids is 1. The molecule has 2 rings (SSSR count). The second-order valence-corrected chi connectivity index (χ2v) is 5.80. The van der Waals surface area contributed by atoms with E-state index in [-0.39, 0.29) is 10.4 Å². The van der Waals surface area contributed by atoms with Crippen LogP contribution in [0.2, 0.25) is 0 Å². The summed E-state index contributed by atoms with van der Waals surface area (Å²) in [5.74, 6) is -0.697. The third-order valence-electron chi connectivity index (χ3n) is 2.43. The highest BCUT2D eigenvalue weighted by Crippen LogP contribution is 2.22. The Morgan fingerprint density at radius 1 is 1.44 bits per heavy atom. The SMILES string of the molecule is Cc1nc(NC(=O)c2ccc(F)c(Br)c2)sc1C. The minimum atomic E-state index is -0.396. The molecule has 1 N–H and O–H groups in total. The van der Waals surface area contributed by atoms with Gasteiger partial charge in [0, 0.05) is 10.4 Å². The zero-order valence-electron chi connectivity index (χ0n) is 9.75. The number of nitrogens with one attached hydrogen (secondary N) is 1. The summed E-state index contributed by atoms with van der Waals surface area (Å²) in [5, 5.41) is 3.24. The van der Waals surface area contributed by atoms with E-state index >= 15 is 0 Å². The van der Waals surface area contributed by atoms with Crippen LogP contribution in [-0.4, -0.2) is 10.9 Å². The molecule has 0 saturated heterocycles. The summed E-state index contributed by atoms with van der Waals surface area (Å²) in [4.78, 5) is 17.2. The van der Waals surface area contributed by atoms with Crippen LogP contribution in [0.15, 0.2) is 22.7 Å². The summed E-state index contributed by atoms with van der Waals surface area (Å²) in [6.07, 6.45) is 0. The number of carbonyl (C=O) groups is 1. The van der Waals surface area contributed by atoms with Crippen LogP contribution < -0.4 is 5.32 Å². The van der Waals surface area contributed by atoms with Crippen molar-refractivity contribution in [3.8, 4) is 0 Å². The van der Waals surface area contributed by atoms with Crippen molar-refractivity contribution in [3.63, 3.8) is 0 Å². The van der Waals surface area contributed by atoms with E-state index in [1.807, 2.05) is 13.8 Å². The molecule has 1 amide bonds. The molecule has 3 nitrogen and oxygen atoms in total. The minimum absolute atomic E-state index is 0.265. The maximum Gasteiger partial charge on any atom is 0.257 e. The third kappa shape index (κ3) is 2.76. The van der Waals surface area contributed by atoms with Gasteiger partial charge in [0.1, 0.15) is 5.82 Å². The third-order valence-corrected chi connectivity index (χ3v) is 4.03. The molecule has 0 unspecified atom stereocenters. The van der Waals surface area contributed by atoms with Crippen molar-refractivity contribution in [1.29, 1.82) is 0 Å². The number of anilines is 1. The summed E-state index contributed by atoms with van der Waals surface area (Å²) in [7, 11) is 0. The van der Waals surface area contributed by atoms with Crippen LogP contribution in [0.3, 0.4) is 0 Å². The van der Waals surface area contributed by atoms with E-state index in [1.54, 1.807) is 0 Å². The van der Waals surface area contributed by atoms with Crippen LogP contribution in [-0.2, 0) is 0 Å². The number of halogens is 2. The van der Waals surface area contributed by atoms with Gasteiger partial charge in [0.05, 0.1) is 10.2 Å². The fraction of sp³-hybridized carbons (Fsp3) is 0.167. The molecule has 94 valence electrons. The van der Waals surface area contributed by atoms with Gasteiger partial charge in [0.15, 0.2) is 5.13 Å². The van der Waals surface area contributed by atoms with Crippen molar-refractivity contribution in [3.05, 3.63) is 44.6 Å². The van der Waals surface area contributed by atoms with Crippen molar-refractivity contribution in [2.75, 3.05) is 5.32 Å². The Morgan fingerprint density at radius 3 is 2.72 bits per heavy atom. The number of benzene rings is 1. The molecule has 0 spiro atoms. The second-order valence-electron chi connectivity index (χ2n) is 3.74. The van der Waals surface area contributed by atoms with Gasteiger partial charge in [-0.05, 0) is 48.0 Å². The van der Waals surface area contributed by atoms with Crippen LogP contribution in [0.5, 0.6) is 0 Å². The number of hydrogen-bond donors (Lipinski definition) is 1. The van der Waals surface area contributed by atoms with Crippen LogP contribution >= 0.6 is 27.3 Å². The predicted molar refractivity (Wildman–Crippen MR) is 73.6 cm³/mol. The molecule has 6 heteroatoms. The lowest BCUT2D eigenvalue weighted by Crippen LogP contribution is -2.11. The molecule has 0 aliphatic heterocycles. The van der Waals surface area contributed by atoms with E-state index in [2.05, 4.69) is 26.2 Å². The van der Waals surface area contributed by atoms with E-state index in [4.69, 9.17) is 0 Å². The Bertz CT molecular complexity index is 593. The molecule has 1 aromatic carbocycles. The van der Waals surface area contributed by atoms with Crippen molar-refractivity contribution < 1.29 is 9.18 Å². The van der Waals surface area contributed by atoms with Gasteiger partial charge in [-0.15, -0.1) is 11.3 Å². The molecule has 2 aromatic rings. The first-order valence-corrected chi connectivity index (χ1v) is 6.79. The Morgan fingerprint density at radius 2 is 2.17 bits per heavy atom. The quantitative estimate of drug-likeness (QED) is 0.907. The molecular formula is C12H10BrFN2OS. The molecule has 0 fully saturated rings. The zero-order chi connectivity index (χ0) is 13.3. The molecule has 0 atom stereocenters. The lowest BCUT2D eigenvalue weighted by atomic mass is 10.2. The van der Waals surface area contributed by atoms with Crippen molar-refractivity contribution in [1.82, 2.24) is 4.98 Å². The van der Waals surface area contributed by atoms with E-state index in [0.29, 0.717) is 10.7 Å². The Balaban J connectivity index is 2.19. The fourth-order valence-corrected chi connectivity index (χ4v) is 2.52. The monoisotopic (exact) mass is 328 g/mol. The Kier molecular flexibility index (Phi) is 3.77. The average Bonchev–Trinajstić information content (AvgIpc) is 2.61. The predicted octanol–water partition coefficient (Wildman–Crippen LogP) is 3.91. The number of amides is 1. The zero-order valence-corrected chi connectivity index (χ0v) is 12.2. The molecule has 1 heterocycles. The maximum atomic E-state index is 13.1. The lowest BCUT2D eigenvalue weighted by molar-refractivity contribution is 0.102. The molecular weight excluding hydrogens is 319 g/mol. The summed E-state index contributed by atoms with van der Waals surface area (Å²) >= 11 is 4.46. The van der Waals surface area contributed by atoms with Gasteiger partial charge in [0.25, 0.3) is 5.91 Å². The standard InChI is InChI=1S/C12H10BrFN2OS/c1-6-7(2)18-12(15-6)16-11(17)8-3-4-10(14)9(13)5-8/h3-5H,1-2H3,(H,15,16,17). The molecule has 0 saturated carbocycles. The molecule has 0 aliphatic rings. The van der Waals surface area contributed by atoms with Crippen molar-refractivity contribution in [2.45, 2.75) is 13.8 Å². The lowest BCUT2D eigenvalue weighted by Gasteiger charge is -2.02. The average molecular weight is 329 g/mol. The van der Waals surface area contributed by atoms with E-state index < -0.39 is 5.82 Å². The second kappa shape index (κ2) is 5.16. The van der Waals surface area contributed by atoms with Gasteiger partial charge in [0.2, 0.25) is 0 Å².